The minimum absolute atomic E-state index is 0.113. The molecule has 0 unspecified atom stereocenters. The van der Waals surface area contributed by atoms with Gasteiger partial charge >= 0.3 is 12.1 Å². The number of anilines is 1. The summed E-state index contributed by atoms with van der Waals surface area (Å²) in [4.78, 5) is 12.2. The lowest BCUT2D eigenvalue weighted by Gasteiger charge is -2.30. The van der Waals surface area contributed by atoms with Crippen molar-refractivity contribution in [2.75, 3.05) is 18.0 Å². The lowest BCUT2D eigenvalue weighted by molar-refractivity contribution is -0.170. The summed E-state index contributed by atoms with van der Waals surface area (Å²) in [6.45, 7) is 0.603. The van der Waals surface area contributed by atoms with E-state index in [4.69, 9.17) is 5.73 Å². The van der Waals surface area contributed by atoms with Crippen LogP contribution in [-0.4, -0.2) is 25.2 Å². The average Bonchev–Trinajstić information content (AvgIpc) is 2.36. The Kier molecular flexibility index (Phi) is 3.80. The number of fused-ring (bicyclic) bond motifs is 1. The molecule has 2 N–H and O–H groups in total. The van der Waals surface area contributed by atoms with E-state index in [1.807, 2.05) is 6.07 Å². The Bertz CT molecular complexity index is 485. The standard InChI is InChI=1S/C13H15F3N2O/c14-13(15,16)12(19)18-7-1-2-10-8-9(5-6-17)3-4-11(10)18/h3-4,8H,1-2,5-7,17H2. The van der Waals surface area contributed by atoms with Gasteiger partial charge in [0.15, 0.2) is 0 Å². The van der Waals surface area contributed by atoms with E-state index < -0.39 is 12.1 Å². The van der Waals surface area contributed by atoms with E-state index in [1.54, 1.807) is 12.1 Å². The van der Waals surface area contributed by atoms with Crippen LogP contribution in [0.4, 0.5) is 18.9 Å². The molecule has 1 aliphatic rings. The van der Waals surface area contributed by atoms with Gasteiger partial charge in [-0.05, 0) is 43.0 Å². The molecule has 19 heavy (non-hydrogen) atoms. The van der Waals surface area contributed by atoms with E-state index in [-0.39, 0.29) is 6.54 Å². The molecule has 1 aromatic rings. The summed E-state index contributed by atoms with van der Waals surface area (Å²) in [5.41, 5.74) is 7.60. The minimum Gasteiger partial charge on any atom is -0.330 e. The number of rotatable bonds is 2. The van der Waals surface area contributed by atoms with Crippen molar-refractivity contribution in [1.29, 1.82) is 0 Å². The van der Waals surface area contributed by atoms with Gasteiger partial charge in [0.1, 0.15) is 0 Å². The fourth-order valence-corrected chi connectivity index (χ4v) is 2.34. The van der Waals surface area contributed by atoms with Crippen molar-refractivity contribution in [2.45, 2.75) is 25.4 Å². The third-order valence-electron chi connectivity index (χ3n) is 3.18. The van der Waals surface area contributed by atoms with Gasteiger partial charge in [-0.1, -0.05) is 12.1 Å². The Hall–Kier alpha value is -1.56. The van der Waals surface area contributed by atoms with Crippen LogP contribution in [0.15, 0.2) is 18.2 Å². The minimum atomic E-state index is -4.83. The first kappa shape index (κ1) is 13.9. The summed E-state index contributed by atoms with van der Waals surface area (Å²) >= 11 is 0. The number of hydrogen-bond donors (Lipinski definition) is 1. The zero-order valence-electron chi connectivity index (χ0n) is 10.3. The van der Waals surface area contributed by atoms with Crippen LogP contribution in [0.3, 0.4) is 0 Å². The van der Waals surface area contributed by atoms with Gasteiger partial charge in [-0.25, -0.2) is 0 Å². The molecule has 1 heterocycles. The number of halogens is 3. The van der Waals surface area contributed by atoms with Crippen LogP contribution in [0.1, 0.15) is 17.5 Å². The first-order chi connectivity index (χ1) is 8.93. The van der Waals surface area contributed by atoms with E-state index in [0.29, 0.717) is 31.5 Å². The van der Waals surface area contributed by atoms with Crippen molar-refractivity contribution in [3.8, 4) is 0 Å². The topological polar surface area (TPSA) is 46.3 Å². The van der Waals surface area contributed by atoms with Crippen molar-refractivity contribution >= 4 is 11.6 Å². The highest BCUT2D eigenvalue weighted by Crippen LogP contribution is 2.31. The zero-order valence-corrected chi connectivity index (χ0v) is 10.3. The first-order valence-electron chi connectivity index (χ1n) is 6.14. The largest absolute Gasteiger partial charge is 0.471 e. The number of nitrogens with zero attached hydrogens (tertiary/aromatic N) is 1. The van der Waals surface area contributed by atoms with Gasteiger partial charge in [-0.15, -0.1) is 0 Å². The molecule has 0 aromatic heterocycles. The van der Waals surface area contributed by atoms with Gasteiger partial charge in [0.2, 0.25) is 0 Å². The van der Waals surface area contributed by atoms with Crippen molar-refractivity contribution in [3.63, 3.8) is 0 Å². The molecule has 104 valence electrons. The third-order valence-corrected chi connectivity index (χ3v) is 3.18. The van der Waals surface area contributed by atoms with Crippen molar-refractivity contribution in [1.82, 2.24) is 0 Å². The summed E-state index contributed by atoms with van der Waals surface area (Å²) in [6, 6.07) is 5.16. The highest BCUT2D eigenvalue weighted by atomic mass is 19.4. The normalized spacial score (nSPS) is 15.3. The lowest BCUT2D eigenvalue weighted by Crippen LogP contribution is -2.43. The number of amides is 1. The lowest BCUT2D eigenvalue weighted by atomic mass is 9.98. The molecule has 0 aliphatic carbocycles. The predicted molar refractivity (Wildman–Crippen MR) is 65.9 cm³/mol. The smallest absolute Gasteiger partial charge is 0.330 e. The molecular formula is C13H15F3N2O. The Morgan fingerprint density at radius 1 is 1.37 bits per heavy atom. The van der Waals surface area contributed by atoms with Crippen LogP contribution in [0.2, 0.25) is 0 Å². The van der Waals surface area contributed by atoms with Crippen LogP contribution in [0.25, 0.3) is 0 Å². The molecule has 0 fully saturated rings. The molecule has 0 saturated heterocycles. The van der Waals surface area contributed by atoms with Crippen LogP contribution in [-0.2, 0) is 17.6 Å². The molecule has 0 bridgehead atoms. The van der Waals surface area contributed by atoms with Gasteiger partial charge in [-0.2, -0.15) is 13.2 Å². The van der Waals surface area contributed by atoms with Crippen LogP contribution < -0.4 is 10.6 Å². The maximum absolute atomic E-state index is 12.5. The van der Waals surface area contributed by atoms with Crippen molar-refractivity contribution in [3.05, 3.63) is 29.3 Å². The number of nitrogens with two attached hydrogens (primary N) is 1. The summed E-state index contributed by atoms with van der Waals surface area (Å²) < 4.78 is 37.6. The van der Waals surface area contributed by atoms with E-state index in [2.05, 4.69) is 0 Å². The first-order valence-corrected chi connectivity index (χ1v) is 6.14. The predicted octanol–water partition coefficient (Wildman–Crippen LogP) is 2.03. The molecule has 6 heteroatoms. The van der Waals surface area contributed by atoms with Gasteiger partial charge < -0.3 is 10.6 Å². The molecule has 1 aromatic carbocycles. The van der Waals surface area contributed by atoms with Gasteiger partial charge in [0.25, 0.3) is 0 Å². The average molecular weight is 272 g/mol. The maximum atomic E-state index is 12.5. The molecule has 2 rings (SSSR count). The fourth-order valence-electron chi connectivity index (χ4n) is 2.34. The summed E-state index contributed by atoms with van der Waals surface area (Å²) in [5.74, 6) is -1.79. The number of carbonyl (C=O) groups excluding carboxylic acids is 1. The van der Waals surface area contributed by atoms with E-state index in [0.717, 1.165) is 16.0 Å². The molecule has 1 aliphatic heterocycles. The summed E-state index contributed by atoms with van der Waals surface area (Å²) in [6.07, 6.45) is -2.92. The Labute approximate surface area is 109 Å². The van der Waals surface area contributed by atoms with Crippen LogP contribution in [0, 0.1) is 0 Å². The third kappa shape index (κ3) is 2.89. The van der Waals surface area contributed by atoms with Gasteiger partial charge in [0, 0.05) is 12.2 Å². The monoisotopic (exact) mass is 272 g/mol. The van der Waals surface area contributed by atoms with Crippen LogP contribution >= 0.6 is 0 Å². The second kappa shape index (κ2) is 5.21. The highest BCUT2D eigenvalue weighted by Gasteiger charge is 2.43. The molecule has 0 saturated carbocycles. The number of aryl methyl sites for hydroxylation is 1. The fraction of sp³-hybridized carbons (Fsp3) is 0.462. The zero-order chi connectivity index (χ0) is 14.0. The molecule has 0 spiro atoms. The van der Waals surface area contributed by atoms with E-state index in [1.165, 1.54) is 0 Å². The molecule has 0 radical (unpaired) electrons. The quantitative estimate of drug-likeness (QED) is 0.895. The Morgan fingerprint density at radius 2 is 2.11 bits per heavy atom. The highest BCUT2D eigenvalue weighted by molar-refractivity contribution is 5.98. The van der Waals surface area contributed by atoms with Gasteiger partial charge in [0.05, 0.1) is 0 Å². The molecule has 0 atom stereocenters. The molecular weight excluding hydrogens is 257 g/mol. The SMILES string of the molecule is NCCc1ccc2c(c1)CCCN2C(=O)C(F)(F)F. The van der Waals surface area contributed by atoms with Gasteiger partial charge in [-0.3, -0.25) is 4.79 Å². The number of benzene rings is 1. The van der Waals surface area contributed by atoms with Crippen molar-refractivity contribution in [2.24, 2.45) is 5.73 Å². The summed E-state index contributed by atoms with van der Waals surface area (Å²) in [5, 5.41) is 0. The number of hydrogen-bond acceptors (Lipinski definition) is 2. The van der Waals surface area contributed by atoms with Crippen LogP contribution in [0.5, 0.6) is 0 Å². The maximum Gasteiger partial charge on any atom is 0.471 e. The van der Waals surface area contributed by atoms with Crippen molar-refractivity contribution < 1.29 is 18.0 Å². The number of alkyl halides is 3. The second-order valence-corrected chi connectivity index (χ2v) is 4.56. The van der Waals surface area contributed by atoms with E-state index >= 15 is 0 Å². The second-order valence-electron chi connectivity index (χ2n) is 4.56. The summed E-state index contributed by atoms with van der Waals surface area (Å²) in [7, 11) is 0. The Balaban J connectivity index is 2.32. The molecule has 3 nitrogen and oxygen atoms in total. The molecule has 1 amide bonds. The Morgan fingerprint density at radius 3 is 2.74 bits per heavy atom. The van der Waals surface area contributed by atoms with E-state index in [9.17, 15) is 18.0 Å². The number of carbonyl (C=O) groups is 1.